The van der Waals surface area contributed by atoms with Gasteiger partial charge in [0, 0.05) is 23.0 Å². The van der Waals surface area contributed by atoms with Crippen molar-refractivity contribution in [2.24, 2.45) is 5.92 Å². The predicted octanol–water partition coefficient (Wildman–Crippen LogP) is 3.46. The first-order valence-corrected chi connectivity index (χ1v) is 8.61. The van der Waals surface area contributed by atoms with E-state index in [2.05, 4.69) is 20.4 Å². The Morgan fingerprint density at radius 3 is 2.53 bits per heavy atom. The van der Waals surface area contributed by atoms with Crippen LogP contribution in [0.4, 0.5) is 0 Å². The third-order valence-electron chi connectivity index (χ3n) is 3.32. The molecule has 0 heterocycles. The summed E-state index contributed by atoms with van der Waals surface area (Å²) in [6.07, 6.45) is 5.63. The number of rotatable bonds is 12. The summed E-state index contributed by atoms with van der Waals surface area (Å²) in [6, 6.07) is 0. The van der Waals surface area contributed by atoms with E-state index in [4.69, 9.17) is 4.74 Å². The number of carbonyl (C=O) groups excluding carboxylic acids is 1. The molecular formula is C15H28O3S. The maximum atomic E-state index is 11.8. The van der Waals surface area contributed by atoms with Gasteiger partial charge in [-0.05, 0) is 12.3 Å². The van der Waals surface area contributed by atoms with Crippen LogP contribution >= 0.6 is 0 Å². The Kier molecular flexibility index (Phi) is 10.8. The number of ether oxygens (including phenoxy) is 1. The SMILES string of the molecule is C=C(OCC(CC)CCCC)C(CC=O)S(=O)CC. The first-order valence-electron chi connectivity index (χ1n) is 7.22. The molecule has 0 aromatic rings. The van der Waals surface area contributed by atoms with Gasteiger partial charge in [0.25, 0.3) is 0 Å². The first kappa shape index (κ1) is 18.4. The topological polar surface area (TPSA) is 43.4 Å². The van der Waals surface area contributed by atoms with Gasteiger partial charge in [0.05, 0.1) is 11.9 Å². The molecule has 3 atom stereocenters. The summed E-state index contributed by atoms with van der Waals surface area (Å²) in [6.45, 7) is 10.6. The summed E-state index contributed by atoms with van der Waals surface area (Å²) in [5, 5.41) is -0.355. The van der Waals surface area contributed by atoms with Crippen LogP contribution in [0.1, 0.15) is 52.9 Å². The van der Waals surface area contributed by atoms with Crippen LogP contribution in [0.15, 0.2) is 12.3 Å². The van der Waals surface area contributed by atoms with Crippen molar-refractivity contribution >= 4 is 17.1 Å². The fourth-order valence-electron chi connectivity index (χ4n) is 1.89. The van der Waals surface area contributed by atoms with Gasteiger partial charge >= 0.3 is 0 Å². The monoisotopic (exact) mass is 288 g/mol. The van der Waals surface area contributed by atoms with Crippen LogP contribution in [0.25, 0.3) is 0 Å². The molecule has 0 amide bonds. The second-order valence-electron chi connectivity index (χ2n) is 4.75. The second kappa shape index (κ2) is 11.2. The lowest BCUT2D eigenvalue weighted by Gasteiger charge is -2.21. The van der Waals surface area contributed by atoms with Crippen molar-refractivity contribution in [3.63, 3.8) is 0 Å². The molecule has 0 aliphatic rings. The van der Waals surface area contributed by atoms with Crippen LogP contribution in [0.5, 0.6) is 0 Å². The highest BCUT2D eigenvalue weighted by Gasteiger charge is 2.20. The lowest BCUT2D eigenvalue weighted by molar-refractivity contribution is -0.107. The van der Waals surface area contributed by atoms with Crippen LogP contribution in [0.3, 0.4) is 0 Å². The van der Waals surface area contributed by atoms with Gasteiger partial charge in [-0.15, -0.1) is 0 Å². The molecule has 3 nitrogen and oxygen atoms in total. The quantitative estimate of drug-likeness (QED) is 0.408. The third-order valence-corrected chi connectivity index (χ3v) is 4.98. The van der Waals surface area contributed by atoms with Crippen LogP contribution in [0.2, 0.25) is 0 Å². The zero-order valence-electron chi connectivity index (χ0n) is 12.5. The van der Waals surface area contributed by atoms with E-state index in [1.165, 1.54) is 12.8 Å². The summed E-state index contributed by atoms with van der Waals surface area (Å²) < 4.78 is 17.5. The molecule has 112 valence electrons. The summed E-state index contributed by atoms with van der Waals surface area (Å²) in [4.78, 5) is 10.6. The Morgan fingerprint density at radius 2 is 2.05 bits per heavy atom. The van der Waals surface area contributed by atoms with Gasteiger partial charge in [0.2, 0.25) is 0 Å². The van der Waals surface area contributed by atoms with Crippen molar-refractivity contribution < 1.29 is 13.7 Å². The minimum absolute atomic E-state index is 0.227. The molecule has 19 heavy (non-hydrogen) atoms. The Bertz CT molecular complexity index is 289. The minimum atomic E-state index is -1.07. The van der Waals surface area contributed by atoms with Crippen LogP contribution in [0, 0.1) is 5.92 Å². The van der Waals surface area contributed by atoms with Crippen LogP contribution < -0.4 is 0 Å². The third kappa shape index (κ3) is 7.51. The van der Waals surface area contributed by atoms with E-state index < -0.39 is 10.8 Å². The average Bonchev–Trinajstić information content (AvgIpc) is 2.43. The maximum absolute atomic E-state index is 11.8. The molecule has 0 radical (unpaired) electrons. The summed E-state index contributed by atoms with van der Waals surface area (Å²) in [7, 11) is -1.07. The van der Waals surface area contributed by atoms with E-state index in [1.807, 2.05) is 6.92 Å². The van der Waals surface area contributed by atoms with Gasteiger partial charge in [-0.25, -0.2) is 0 Å². The highest BCUT2D eigenvalue weighted by molar-refractivity contribution is 7.85. The number of unbranched alkanes of at least 4 members (excludes halogenated alkanes) is 1. The van der Waals surface area contributed by atoms with Crippen molar-refractivity contribution in [1.82, 2.24) is 0 Å². The highest BCUT2D eigenvalue weighted by Crippen LogP contribution is 2.18. The molecule has 0 bridgehead atoms. The second-order valence-corrected chi connectivity index (χ2v) is 6.66. The molecule has 0 aromatic carbocycles. The van der Waals surface area contributed by atoms with Crippen molar-refractivity contribution in [1.29, 1.82) is 0 Å². The first-order chi connectivity index (χ1) is 9.10. The Morgan fingerprint density at radius 1 is 1.37 bits per heavy atom. The van der Waals surface area contributed by atoms with E-state index in [-0.39, 0.29) is 11.7 Å². The van der Waals surface area contributed by atoms with Gasteiger partial charge in [-0.3, -0.25) is 4.21 Å². The van der Waals surface area contributed by atoms with E-state index in [0.29, 0.717) is 24.0 Å². The molecule has 0 N–H and O–H groups in total. The maximum Gasteiger partial charge on any atom is 0.121 e. The fraction of sp³-hybridized carbons (Fsp3) is 0.800. The summed E-state index contributed by atoms with van der Waals surface area (Å²) in [5.41, 5.74) is 0. The lowest BCUT2D eigenvalue weighted by Crippen LogP contribution is -2.23. The standard InChI is InChI=1S/C15H28O3S/c1-5-8-9-14(6-2)12-18-13(4)15(10-11-16)19(17)7-3/h11,14-15H,4-10,12H2,1-3H3. The molecule has 0 rings (SSSR count). The van der Waals surface area contributed by atoms with E-state index >= 15 is 0 Å². The van der Waals surface area contributed by atoms with Gasteiger partial charge in [-0.2, -0.15) is 0 Å². The summed E-state index contributed by atoms with van der Waals surface area (Å²) in [5.74, 6) is 1.54. The minimum Gasteiger partial charge on any atom is -0.497 e. The summed E-state index contributed by atoms with van der Waals surface area (Å²) >= 11 is 0. The number of aldehydes is 1. The normalized spacial score (nSPS) is 15.5. The molecule has 0 fully saturated rings. The molecule has 0 aliphatic heterocycles. The van der Waals surface area contributed by atoms with Gasteiger partial charge < -0.3 is 9.53 Å². The number of hydrogen-bond donors (Lipinski definition) is 0. The number of hydrogen-bond acceptors (Lipinski definition) is 3. The lowest BCUT2D eigenvalue weighted by atomic mass is 10.0. The molecule has 0 saturated carbocycles. The van der Waals surface area contributed by atoms with Crippen molar-refractivity contribution in [3.05, 3.63) is 12.3 Å². The smallest absolute Gasteiger partial charge is 0.121 e. The van der Waals surface area contributed by atoms with Crippen molar-refractivity contribution in [3.8, 4) is 0 Å². The van der Waals surface area contributed by atoms with Gasteiger partial charge in [-0.1, -0.05) is 46.6 Å². The Balaban J connectivity index is 4.30. The van der Waals surface area contributed by atoms with Crippen molar-refractivity contribution in [2.75, 3.05) is 12.4 Å². The highest BCUT2D eigenvalue weighted by atomic mass is 32.2. The Labute approximate surface area is 120 Å². The van der Waals surface area contributed by atoms with E-state index in [0.717, 1.165) is 19.1 Å². The molecule has 4 heteroatoms. The van der Waals surface area contributed by atoms with E-state index in [1.54, 1.807) is 0 Å². The molecule has 0 aliphatic carbocycles. The van der Waals surface area contributed by atoms with Crippen LogP contribution in [-0.2, 0) is 20.3 Å². The van der Waals surface area contributed by atoms with Gasteiger partial charge in [0.15, 0.2) is 0 Å². The zero-order valence-corrected chi connectivity index (χ0v) is 13.3. The largest absolute Gasteiger partial charge is 0.497 e. The average molecular weight is 288 g/mol. The molecule has 0 spiro atoms. The van der Waals surface area contributed by atoms with Crippen molar-refractivity contribution in [2.45, 2.75) is 58.1 Å². The van der Waals surface area contributed by atoms with Crippen LogP contribution in [-0.4, -0.2) is 28.1 Å². The van der Waals surface area contributed by atoms with Gasteiger partial charge in [0.1, 0.15) is 12.0 Å². The Hall–Kier alpha value is -0.640. The predicted molar refractivity (Wildman–Crippen MR) is 81.6 cm³/mol. The van der Waals surface area contributed by atoms with E-state index in [9.17, 15) is 9.00 Å². The molecule has 0 saturated heterocycles. The fourth-order valence-corrected chi connectivity index (χ4v) is 2.95. The number of carbonyl (C=O) groups is 1. The zero-order chi connectivity index (χ0) is 14.7. The molecular weight excluding hydrogens is 260 g/mol. The molecule has 0 aromatic heterocycles. The molecule has 3 unspecified atom stereocenters.